The van der Waals surface area contributed by atoms with Crippen LogP contribution in [0.15, 0.2) is 48.8 Å². The minimum absolute atomic E-state index is 0.0178. The lowest BCUT2D eigenvalue weighted by molar-refractivity contribution is 0.0482. The van der Waals surface area contributed by atoms with Crippen LogP contribution in [0.1, 0.15) is 57.5 Å². The molecule has 17 heteroatoms. The number of carboxylic acids is 1. The zero-order valence-corrected chi connectivity index (χ0v) is 30.7. The minimum Gasteiger partial charge on any atom is -0.495 e. The van der Waals surface area contributed by atoms with E-state index in [0.29, 0.717) is 59.5 Å². The second-order valence-corrected chi connectivity index (χ2v) is 13.4. The molecular formula is C36H40Cl2N8O7. The lowest BCUT2D eigenvalue weighted by Gasteiger charge is -2.25. The number of anilines is 4. The van der Waals surface area contributed by atoms with E-state index in [-0.39, 0.29) is 54.6 Å². The van der Waals surface area contributed by atoms with Crippen LogP contribution in [0.4, 0.5) is 23.5 Å². The van der Waals surface area contributed by atoms with Crippen LogP contribution in [-0.2, 0) is 17.8 Å². The van der Waals surface area contributed by atoms with Crippen molar-refractivity contribution in [1.82, 2.24) is 19.9 Å². The van der Waals surface area contributed by atoms with E-state index in [1.807, 2.05) is 21.9 Å². The largest absolute Gasteiger partial charge is 0.495 e. The maximum atomic E-state index is 13.6. The molecule has 0 amide bonds. The van der Waals surface area contributed by atoms with Gasteiger partial charge >= 0.3 is 11.9 Å². The molecule has 4 heterocycles. The number of aliphatic hydroxyl groups excluding tert-OH is 1. The van der Waals surface area contributed by atoms with E-state index in [0.717, 1.165) is 30.4 Å². The highest BCUT2D eigenvalue weighted by Gasteiger charge is 2.31. The third kappa shape index (κ3) is 8.75. The average Bonchev–Trinajstić information content (AvgIpc) is 3.85. The minimum atomic E-state index is -1.18. The fraction of sp³-hybridized carbons (Fsp3) is 0.389. The summed E-state index contributed by atoms with van der Waals surface area (Å²) in [4.78, 5) is 47.7. The van der Waals surface area contributed by atoms with Crippen molar-refractivity contribution in [1.29, 1.82) is 0 Å². The molecule has 2 aromatic heterocycles. The number of halogens is 2. The van der Waals surface area contributed by atoms with Gasteiger partial charge in [0.2, 0.25) is 11.9 Å². The van der Waals surface area contributed by atoms with Gasteiger partial charge in [0.05, 0.1) is 43.0 Å². The summed E-state index contributed by atoms with van der Waals surface area (Å²) in [6.07, 6.45) is 5.89. The van der Waals surface area contributed by atoms with Crippen molar-refractivity contribution in [2.45, 2.75) is 50.9 Å². The Labute approximate surface area is 316 Å². The number of esters is 1. The molecule has 0 saturated carbocycles. The van der Waals surface area contributed by atoms with Gasteiger partial charge in [-0.2, -0.15) is 9.97 Å². The smallest absolute Gasteiger partial charge is 0.343 e. The van der Waals surface area contributed by atoms with E-state index >= 15 is 0 Å². The molecular weight excluding hydrogens is 727 g/mol. The lowest BCUT2D eigenvalue weighted by Crippen LogP contribution is -2.35. The fourth-order valence-electron chi connectivity index (χ4n) is 6.42. The first-order valence-corrected chi connectivity index (χ1v) is 17.9. The van der Waals surface area contributed by atoms with Crippen LogP contribution in [0.2, 0.25) is 10.0 Å². The highest BCUT2D eigenvalue weighted by molar-refractivity contribution is 6.32. The summed E-state index contributed by atoms with van der Waals surface area (Å²) < 4.78 is 16.3. The number of nitrogens with zero attached hydrogens (tertiary/aromatic N) is 6. The van der Waals surface area contributed by atoms with Gasteiger partial charge in [-0.1, -0.05) is 35.3 Å². The van der Waals surface area contributed by atoms with Crippen LogP contribution < -0.4 is 29.9 Å². The van der Waals surface area contributed by atoms with Gasteiger partial charge in [0, 0.05) is 38.6 Å². The fourth-order valence-corrected chi connectivity index (χ4v) is 6.98. The van der Waals surface area contributed by atoms with Crippen molar-refractivity contribution in [2.24, 2.45) is 0 Å². The van der Waals surface area contributed by atoms with Gasteiger partial charge < -0.3 is 44.9 Å². The number of hydrogen-bond acceptors (Lipinski definition) is 14. The standard InChI is InChI=1S/C36H40Cl2N8O7/c1-51-29-9-7-21(13-27(29)37)15-39-31-25(33(48)49)17-41-36(43-31)46-12-4-6-24(46)20-53-34(50)26-18-42-35(45-11-3-5-23(45)19-47)44-32(26)40-16-22-8-10-30(52-2)28(38)14-22/h7-10,13-14,17-18,23-24,47H,3-6,11-12,15-16,19-20H2,1-2H3,(H,48,49)(H,39,41,43)(H,40,42,44)/t23-,24-/m1/s1. The summed E-state index contributed by atoms with van der Waals surface area (Å²) in [5.74, 6) is 0.400. The van der Waals surface area contributed by atoms with Crippen molar-refractivity contribution in [3.05, 3.63) is 81.1 Å². The van der Waals surface area contributed by atoms with E-state index in [1.165, 1.54) is 19.5 Å². The maximum absolute atomic E-state index is 13.6. The van der Waals surface area contributed by atoms with Crippen molar-refractivity contribution >= 4 is 58.7 Å². The highest BCUT2D eigenvalue weighted by atomic mass is 35.5. The first kappa shape index (κ1) is 37.6. The molecule has 2 atom stereocenters. The van der Waals surface area contributed by atoms with Gasteiger partial charge in [-0.25, -0.2) is 19.6 Å². The number of carbonyl (C=O) groups excluding carboxylic acids is 1. The van der Waals surface area contributed by atoms with Crippen LogP contribution in [0.25, 0.3) is 0 Å². The first-order valence-electron chi connectivity index (χ1n) is 17.1. The van der Waals surface area contributed by atoms with Crippen molar-refractivity contribution < 1.29 is 34.0 Å². The van der Waals surface area contributed by atoms with Crippen LogP contribution in [0, 0.1) is 0 Å². The topological polar surface area (TPSA) is 184 Å². The predicted octanol–water partition coefficient (Wildman–Crippen LogP) is 5.30. The summed E-state index contributed by atoms with van der Waals surface area (Å²) in [5.41, 5.74) is 1.69. The maximum Gasteiger partial charge on any atom is 0.343 e. The quantitative estimate of drug-likeness (QED) is 0.114. The molecule has 4 aromatic rings. The van der Waals surface area contributed by atoms with Gasteiger partial charge in [0.15, 0.2) is 0 Å². The Bertz CT molecular complexity index is 1950. The molecule has 6 rings (SSSR count). The van der Waals surface area contributed by atoms with Crippen molar-refractivity contribution in [3.8, 4) is 11.5 Å². The second kappa shape index (κ2) is 17.1. The van der Waals surface area contributed by atoms with E-state index in [2.05, 4.69) is 25.6 Å². The molecule has 0 radical (unpaired) electrons. The summed E-state index contributed by atoms with van der Waals surface area (Å²) >= 11 is 12.6. The molecule has 0 spiro atoms. The van der Waals surface area contributed by atoms with E-state index in [1.54, 1.807) is 31.4 Å². The Morgan fingerprint density at radius 1 is 0.811 bits per heavy atom. The Hall–Kier alpha value is -5.12. The zero-order chi connectivity index (χ0) is 37.5. The van der Waals surface area contributed by atoms with Crippen molar-refractivity contribution in [3.63, 3.8) is 0 Å². The number of hydrogen-bond donors (Lipinski definition) is 4. The molecule has 0 aliphatic carbocycles. The van der Waals surface area contributed by atoms with Crippen LogP contribution in [0.5, 0.6) is 11.5 Å². The summed E-state index contributed by atoms with van der Waals surface area (Å²) in [6, 6.07) is 10.3. The van der Waals surface area contributed by atoms with Crippen LogP contribution >= 0.6 is 23.2 Å². The summed E-state index contributed by atoms with van der Waals surface area (Å²) in [5, 5.41) is 27.0. The Kier molecular flexibility index (Phi) is 12.2. The van der Waals surface area contributed by atoms with E-state index < -0.39 is 11.9 Å². The van der Waals surface area contributed by atoms with Gasteiger partial charge in [-0.3, -0.25) is 0 Å². The number of aliphatic hydroxyl groups is 1. The van der Waals surface area contributed by atoms with Gasteiger partial charge in [-0.15, -0.1) is 0 Å². The SMILES string of the molecule is COc1ccc(CNc2nc(N3CCC[C@@H]3COC(=O)c3cnc(N4CCC[C@@H]4CO)nc3NCc3ccc(OC)c(Cl)c3)ncc2C(=O)O)cc1Cl. The molecule has 2 fully saturated rings. The number of methoxy groups -OCH3 is 2. The molecule has 2 aliphatic rings. The number of rotatable bonds is 15. The van der Waals surface area contributed by atoms with Gasteiger partial charge in [0.1, 0.15) is 40.9 Å². The Morgan fingerprint density at radius 3 is 1.83 bits per heavy atom. The molecule has 2 aliphatic heterocycles. The summed E-state index contributed by atoms with van der Waals surface area (Å²) in [7, 11) is 3.07. The summed E-state index contributed by atoms with van der Waals surface area (Å²) in [6.45, 7) is 1.80. The highest BCUT2D eigenvalue weighted by Crippen LogP contribution is 2.30. The monoisotopic (exact) mass is 766 g/mol. The Morgan fingerprint density at radius 2 is 1.32 bits per heavy atom. The predicted molar refractivity (Wildman–Crippen MR) is 200 cm³/mol. The lowest BCUT2D eigenvalue weighted by atomic mass is 10.2. The third-order valence-corrected chi connectivity index (χ3v) is 9.83. The number of ether oxygens (including phenoxy) is 3. The molecule has 53 heavy (non-hydrogen) atoms. The molecule has 280 valence electrons. The number of carbonyl (C=O) groups is 2. The molecule has 15 nitrogen and oxygen atoms in total. The first-order chi connectivity index (χ1) is 25.7. The molecule has 0 bridgehead atoms. The molecule has 0 unspecified atom stereocenters. The molecule has 2 aromatic carbocycles. The second-order valence-electron chi connectivity index (χ2n) is 12.6. The number of aromatic carboxylic acids is 1. The van der Waals surface area contributed by atoms with Crippen LogP contribution in [-0.4, -0.2) is 94.7 Å². The zero-order valence-electron chi connectivity index (χ0n) is 29.2. The number of benzene rings is 2. The number of aromatic nitrogens is 4. The van der Waals surface area contributed by atoms with Gasteiger partial charge in [0.25, 0.3) is 0 Å². The van der Waals surface area contributed by atoms with E-state index in [4.69, 9.17) is 42.4 Å². The van der Waals surface area contributed by atoms with Crippen LogP contribution in [0.3, 0.4) is 0 Å². The number of carboxylic acid groups (broad SMARTS) is 1. The molecule has 4 N–H and O–H groups in total. The molecule has 2 saturated heterocycles. The van der Waals surface area contributed by atoms with Crippen molar-refractivity contribution in [2.75, 3.05) is 61.0 Å². The number of nitrogens with one attached hydrogen (secondary N) is 2. The average molecular weight is 768 g/mol. The Balaban J connectivity index is 1.17. The normalized spacial score (nSPS) is 16.8. The third-order valence-electron chi connectivity index (χ3n) is 9.24. The van der Waals surface area contributed by atoms with Gasteiger partial charge in [-0.05, 0) is 61.1 Å². The van der Waals surface area contributed by atoms with E-state index in [9.17, 15) is 19.8 Å².